The predicted molar refractivity (Wildman–Crippen MR) is 255 cm³/mol. The third-order valence-corrected chi connectivity index (χ3v) is 14.8. The first-order valence-electron chi connectivity index (χ1n) is 22.1. The molecule has 0 radical (unpaired) electrons. The van der Waals surface area contributed by atoms with Crippen LogP contribution in [0.1, 0.15) is 44.5 Å². The number of nitrogens with zero attached hydrogens (tertiary/aromatic N) is 3. The molecule has 3 aliphatic carbocycles. The Morgan fingerprint density at radius 1 is 0.359 bits per heavy atom. The minimum Gasteiger partial charge on any atom is -0.457 e. The van der Waals surface area contributed by atoms with Crippen molar-refractivity contribution in [3.63, 3.8) is 0 Å². The van der Waals surface area contributed by atoms with Gasteiger partial charge in [0.05, 0.1) is 45.1 Å². The highest BCUT2D eigenvalue weighted by Gasteiger charge is 2.56. The lowest BCUT2D eigenvalue weighted by Gasteiger charge is -2.40. The maximum Gasteiger partial charge on any atom is 0.132 e. The zero-order valence-corrected chi connectivity index (χ0v) is 34.5. The van der Waals surface area contributed by atoms with Gasteiger partial charge in [0.15, 0.2) is 0 Å². The number of para-hydroxylation sites is 3. The smallest absolute Gasteiger partial charge is 0.132 e. The molecular formula is C60H35N3O. The highest BCUT2D eigenvalue weighted by Crippen LogP contribution is 2.67. The van der Waals surface area contributed by atoms with Crippen molar-refractivity contribution in [2.45, 2.75) is 10.8 Å². The van der Waals surface area contributed by atoms with E-state index in [1.807, 2.05) is 12.4 Å². The molecule has 2 spiro atoms. The van der Waals surface area contributed by atoms with E-state index in [-0.39, 0.29) is 0 Å². The molecule has 1 unspecified atom stereocenters. The van der Waals surface area contributed by atoms with E-state index in [0.717, 1.165) is 61.9 Å². The maximum absolute atomic E-state index is 7.26. The van der Waals surface area contributed by atoms with Crippen molar-refractivity contribution in [2.75, 3.05) is 0 Å². The van der Waals surface area contributed by atoms with E-state index in [2.05, 4.69) is 205 Å². The minimum atomic E-state index is -0.793. The maximum atomic E-state index is 7.26. The monoisotopic (exact) mass is 813 g/mol. The van der Waals surface area contributed by atoms with E-state index in [1.165, 1.54) is 66.4 Å². The van der Waals surface area contributed by atoms with Gasteiger partial charge in [-0.15, -0.1) is 0 Å². The number of aromatic nitrogens is 3. The average Bonchev–Trinajstić information content (AvgIpc) is 4.04. The minimum absolute atomic E-state index is 0.548. The molecule has 3 aromatic heterocycles. The molecule has 296 valence electrons. The van der Waals surface area contributed by atoms with Crippen LogP contribution < -0.4 is 4.74 Å². The van der Waals surface area contributed by atoms with Crippen LogP contribution in [0, 0.1) is 0 Å². The third-order valence-electron chi connectivity index (χ3n) is 14.8. The van der Waals surface area contributed by atoms with Crippen LogP contribution in [0.3, 0.4) is 0 Å². The van der Waals surface area contributed by atoms with Gasteiger partial charge in [-0.05, 0) is 110 Å². The fraction of sp³-hybridized carbons (Fsp3) is 0.0333. The van der Waals surface area contributed by atoms with Gasteiger partial charge in [-0.25, -0.2) is 0 Å². The molecule has 0 fully saturated rings. The fourth-order valence-electron chi connectivity index (χ4n) is 12.4. The molecule has 4 nitrogen and oxygen atoms in total. The van der Waals surface area contributed by atoms with Crippen molar-refractivity contribution in [3.8, 4) is 62.0 Å². The number of benzene rings is 8. The fourth-order valence-corrected chi connectivity index (χ4v) is 12.4. The zero-order chi connectivity index (χ0) is 41.7. The Morgan fingerprint density at radius 2 is 0.953 bits per heavy atom. The Balaban J connectivity index is 1.07. The predicted octanol–water partition coefficient (Wildman–Crippen LogP) is 14.1. The van der Waals surface area contributed by atoms with Gasteiger partial charge in [0.25, 0.3) is 0 Å². The number of ether oxygens (including phenoxy) is 1. The summed E-state index contributed by atoms with van der Waals surface area (Å²) >= 11 is 0. The Morgan fingerprint density at radius 3 is 1.72 bits per heavy atom. The van der Waals surface area contributed by atoms with Crippen LogP contribution in [0.2, 0.25) is 0 Å². The van der Waals surface area contributed by atoms with Crippen LogP contribution in [0.15, 0.2) is 213 Å². The summed E-state index contributed by atoms with van der Waals surface area (Å²) in [5, 5.41) is 2.43. The highest BCUT2D eigenvalue weighted by atomic mass is 16.5. The number of hydrogen-bond acceptors (Lipinski definition) is 3. The second kappa shape index (κ2) is 12.2. The van der Waals surface area contributed by atoms with Gasteiger partial charge in [0.2, 0.25) is 0 Å². The molecule has 15 rings (SSSR count). The molecule has 1 atom stereocenters. The molecular weight excluding hydrogens is 779 g/mol. The first kappa shape index (κ1) is 34.3. The van der Waals surface area contributed by atoms with E-state index in [1.54, 1.807) is 0 Å². The molecule has 4 aliphatic rings. The van der Waals surface area contributed by atoms with Gasteiger partial charge in [0, 0.05) is 33.7 Å². The van der Waals surface area contributed by atoms with Crippen molar-refractivity contribution in [1.82, 2.24) is 14.5 Å². The molecule has 0 amide bonds. The molecule has 0 bridgehead atoms. The quantitative estimate of drug-likeness (QED) is 0.175. The summed E-state index contributed by atoms with van der Waals surface area (Å²) in [6, 6.07) is 73.5. The SMILES string of the molecule is c1ccc(-c2ccc3c(c2)-c2cc4c(cc2C32c3ccccc3-c3ccccc32)Oc2ccccc2C42c3cccnc3-c3ncc(-n4c5ccccc5c5ccccc54)cc32)cc1. The molecule has 0 saturated carbocycles. The Hall–Kier alpha value is -8.34. The molecule has 8 aromatic carbocycles. The van der Waals surface area contributed by atoms with Crippen LogP contribution in [-0.4, -0.2) is 14.5 Å². The van der Waals surface area contributed by atoms with Crippen LogP contribution in [0.25, 0.3) is 72.3 Å². The van der Waals surface area contributed by atoms with Gasteiger partial charge in [0.1, 0.15) is 11.5 Å². The van der Waals surface area contributed by atoms with Crippen LogP contribution in [0.4, 0.5) is 0 Å². The lowest BCUT2D eigenvalue weighted by Crippen LogP contribution is -2.33. The van der Waals surface area contributed by atoms with Crippen molar-refractivity contribution >= 4 is 21.8 Å². The van der Waals surface area contributed by atoms with Crippen LogP contribution in [0.5, 0.6) is 11.5 Å². The number of pyridine rings is 2. The van der Waals surface area contributed by atoms with E-state index in [0.29, 0.717) is 0 Å². The third kappa shape index (κ3) is 4.05. The van der Waals surface area contributed by atoms with Crippen molar-refractivity contribution < 1.29 is 4.74 Å². The largest absolute Gasteiger partial charge is 0.457 e. The summed E-state index contributed by atoms with van der Waals surface area (Å²) in [6.07, 6.45) is 3.93. The number of hydrogen-bond donors (Lipinski definition) is 0. The van der Waals surface area contributed by atoms with E-state index < -0.39 is 10.8 Å². The molecule has 4 heterocycles. The van der Waals surface area contributed by atoms with Gasteiger partial charge in [-0.1, -0.05) is 152 Å². The van der Waals surface area contributed by atoms with E-state index in [9.17, 15) is 0 Å². The van der Waals surface area contributed by atoms with Crippen molar-refractivity contribution in [3.05, 3.63) is 257 Å². The number of fused-ring (bicyclic) bond motifs is 22. The summed E-state index contributed by atoms with van der Waals surface area (Å²) in [4.78, 5) is 10.5. The van der Waals surface area contributed by atoms with Crippen LogP contribution in [-0.2, 0) is 10.8 Å². The van der Waals surface area contributed by atoms with E-state index in [4.69, 9.17) is 14.7 Å². The topological polar surface area (TPSA) is 39.9 Å². The summed E-state index contributed by atoms with van der Waals surface area (Å²) < 4.78 is 9.63. The first-order chi connectivity index (χ1) is 31.7. The molecule has 1 aliphatic heterocycles. The standard InChI is InChI=1S/C60H35N3O/c1-2-15-36(16-3-1)37-28-29-47-43(31-37)44-33-51-56(34-50(44)59(47)45-21-8-4-17-39(45)40-18-5-9-22-46(40)59)64-55-27-13-10-23-48(55)60(51)49-24-14-30-61-57(49)58-52(60)32-38(35-62-58)63-53-25-11-6-19-41(53)42-20-7-12-26-54(42)63/h1-35H. The highest BCUT2D eigenvalue weighted by molar-refractivity contribution is 6.09. The van der Waals surface area contributed by atoms with E-state index >= 15 is 0 Å². The second-order valence-corrected chi connectivity index (χ2v) is 17.6. The Bertz CT molecular complexity index is 3740. The molecule has 0 saturated heterocycles. The van der Waals surface area contributed by atoms with Crippen molar-refractivity contribution in [1.29, 1.82) is 0 Å². The Labute approximate surface area is 369 Å². The lowest BCUT2D eigenvalue weighted by molar-refractivity contribution is 0.435. The number of rotatable bonds is 2. The second-order valence-electron chi connectivity index (χ2n) is 17.6. The van der Waals surface area contributed by atoms with Crippen LogP contribution >= 0.6 is 0 Å². The normalized spacial score (nSPS) is 16.1. The summed E-state index contributed by atoms with van der Waals surface area (Å²) in [5.74, 6) is 1.68. The summed E-state index contributed by atoms with van der Waals surface area (Å²) in [7, 11) is 0. The van der Waals surface area contributed by atoms with Gasteiger partial charge in [-0.3, -0.25) is 9.97 Å². The van der Waals surface area contributed by atoms with Gasteiger partial charge in [-0.2, -0.15) is 0 Å². The van der Waals surface area contributed by atoms with Gasteiger partial charge < -0.3 is 9.30 Å². The molecule has 4 heteroatoms. The Kier molecular flexibility index (Phi) is 6.52. The first-order valence-corrected chi connectivity index (χ1v) is 22.1. The van der Waals surface area contributed by atoms with Gasteiger partial charge >= 0.3 is 0 Å². The molecule has 64 heavy (non-hydrogen) atoms. The van der Waals surface area contributed by atoms with Crippen molar-refractivity contribution in [2.24, 2.45) is 0 Å². The molecule has 11 aromatic rings. The molecule has 0 N–H and O–H groups in total. The average molecular weight is 814 g/mol. The zero-order valence-electron chi connectivity index (χ0n) is 34.5. The summed E-state index contributed by atoms with van der Waals surface area (Å²) in [6.45, 7) is 0. The summed E-state index contributed by atoms with van der Waals surface area (Å²) in [5.41, 5.74) is 20.6. The lowest BCUT2D eigenvalue weighted by atomic mass is 9.65.